The van der Waals surface area contributed by atoms with Crippen LogP contribution in [-0.2, 0) is 9.53 Å². The number of hydrogen-bond acceptors (Lipinski definition) is 3. The van der Waals surface area contributed by atoms with E-state index in [1.807, 2.05) is 6.92 Å². The van der Waals surface area contributed by atoms with E-state index >= 15 is 0 Å². The monoisotopic (exact) mass is 254 g/mol. The molecule has 5 heteroatoms. The molecular weight excluding hydrogens is 232 g/mol. The Morgan fingerprint density at radius 3 is 1.94 bits per heavy atom. The van der Waals surface area contributed by atoms with Crippen molar-refractivity contribution in [1.82, 2.24) is 10.6 Å². The highest BCUT2D eigenvalue weighted by molar-refractivity contribution is 5.75. The third-order valence-corrected chi connectivity index (χ3v) is 3.59. The summed E-state index contributed by atoms with van der Waals surface area (Å²) in [6, 6.07) is 0.535. The fourth-order valence-electron chi connectivity index (χ4n) is 2.37. The maximum absolute atomic E-state index is 11.6. The van der Waals surface area contributed by atoms with E-state index in [4.69, 9.17) is 4.74 Å². The molecule has 102 valence electrons. The maximum Gasteiger partial charge on any atom is 0.315 e. The van der Waals surface area contributed by atoms with Crippen LogP contribution < -0.4 is 10.6 Å². The van der Waals surface area contributed by atoms with Crippen LogP contribution in [0.25, 0.3) is 0 Å². The molecule has 0 unspecified atom stereocenters. The van der Waals surface area contributed by atoms with Crippen LogP contribution in [0, 0.1) is 5.92 Å². The summed E-state index contributed by atoms with van der Waals surface area (Å²) in [6.45, 7) is 2.27. The molecule has 0 aromatic rings. The molecule has 2 rings (SSSR count). The van der Waals surface area contributed by atoms with Crippen LogP contribution in [-0.4, -0.2) is 30.7 Å². The first-order valence-corrected chi connectivity index (χ1v) is 6.92. The topological polar surface area (TPSA) is 67.4 Å². The minimum absolute atomic E-state index is 0.0227. The lowest BCUT2D eigenvalue weighted by molar-refractivity contribution is -0.149. The average Bonchev–Trinajstić information content (AvgIpc) is 3.14. The highest BCUT2D eigenvalue weighted by Gasteiger charge is 2.29. The molecule has 2 fully saturated rings. The first-order valence-electron chi connectivity index (χ1n) is 6.92. The van der Waals surface area contributed by atoms with E-state index in [0.29, 0.717) is 12.6 Å². The van der Waals surface area contributed by atoms with E-state index in [0.717, 1.165) is 38.5 Å². The first-order chi connectivity index (χ1) is 8.69. The fourth-order valence-corrected chi connectivity index (χ4v) is 2.37. The number of ether oxygens (including phenoxy) is 1. The molecular formula is C13H22N2O3. The molecule has 18 heavy (non-hydrogen) atoms. The van der Waals surface area contributed by atoms with Gasteiger partial charge in [0.1, 0.15) is 0 Å². The lowest BCUT2D eigenvalue weighted by atomic mass is 9.86. The van der Waals surface area contributed by atoms with Crippen molar-refractivity contribution in [2.45, 2.75) is 57.5 Å². The molecule has 5 nitrogen and oxygen atoms in total. The first kappa shape index (κ1) is 13.2. The molecule has 0 bridgehead atoms. The Balaban J connectivity index is 1.66. The van der Waals surface area contributed by atoms with Gasteiger partial charge in [-0.05, 0) is 45.4 Å². The summed E-state index contributed by atoms with van der Waals surface area (Å²) in [5.41, 5.74) is 0. The molecule has 0 radical (unpaired) electrons. The van der Waals surface area contributed by atoms with Gasteiger partial charge >= 0.3 is 12.0 Å². The van der Waals surface area contributed by atoms with E-state index in [1.165, 1.54) is 0 Å². The van der Waals surface area contributed by atoms with Gasteiger partial charge in [0.05, 0.1) is 12.5 Å². The van der Waals surface area contributed by atoms with Crippen molar-refractivity contribution in [3.05, 3.63) is 0 Å². The van der Waals surface area contributed by atoms with Crippen LogP contribution in [0.15, 0.2) is 0 Å². The zero-order valence-corrected chi connectivity index (χ0v) is 10.9. The molecule has 2 N–H and O–H groups in total. The predicted octanol–water partition coefficient (Wildman–Crippen LogP) is 1.57. The number of urea groups is 1. The van der Waals surface area contributed by atoms with E-state index in [1.54, 1.807) is 0 Å². The average molecular weight is 254 g/mol. The molecule has 2 aliphatic rings. The van der Waals surface area contributed by atoms with E-state index < -0.39 is 0 Å². The molecule has 0 aromatic heterocycles. The molecule has 0 heterocycles. The van der Waals surface area contributed by atoms with Crippen LogP contribution in [0.5, 0.6) is 0 Å². The largest absolute Gasteiger partial charge is 0.466 e. The third-order valence-electron chi connectivity index (χ3n) is 3.59. The highest BCUT2D eigenvalue weighted by atomic mass is 16.5. The van der Waals surface area contributed by atoms with Crippen molar-refractivity contribution in [3.8, 4) is 0 Å². The van der Waals surface area contributed by atoms with Crippen molar-refractivity contribution >= 4 is 12.0 Å². The Morgan fingerprint density at radius 1 is 1.00 bits per heavy atom. The van der Waals surface area contributed by atoms with Gasteiger partial charge in [0.25, 0.3) is 0 Å². The fraction of sp³-hybridized carbons (Fsp3) is 0.846. The highest BCUT2D eigenvalue weighted by Crippen LogP contribution is 2.25. The number of amides is 2. The van der Waals surface area contributed by atoms with Gasteiger partial charge in [-0.3, -0.25) is 4.79 Å². The zero-order chi connectivity index (χ0) is 13.0. The minimum atomic E-state index is -0.0848. The summed E-state index contributed by atoms with van der Waals surface area (Å²) < 4.78 is 5.02. The van der Waals surface area contributed by atoms with Gasteiger partial charge in [-0.2, -0.15) is 0 Å². The van der Waals surface area contributed by atoms with Crippen LogP contribution >= 0.6 is 0 Å². The summed E-state index contributed by atoms with van der Waals surface area (Å²) in [5.74, 6) is -0.0622. The Labute approximate surface area is 108 Å². The number of carbonyl (C=O) groups is 2. The van der Waals surface area contributed by atoms with Gasteiger partial charge in [-0.1, -0.05) is 0 Å². The van der Waals surface area contributed by atoms with Crippen LogP contribution in [0.2, 0.25) is 0 Å². The second kappa shape index (κ2) is 6.07. The van der Waals surface area contributed by atoms with Crippen molar-refractivity contribution in [3.63, 3.8) is 0 Å². The molecule has 0 aliphatic heterocycles. The van der Waals surface area contributed by atoms with Gasteiger partial charge in [0, 0.05) is 12.1 Å². The quantitative estimate of drug-likeness (QED) is 0.748. The van der Waals surface area contributed by atoms with Crippen LogP contribution in [0.1, 0.15) is 45.4 Å². The second-order valence-corrected chi connectivity index (χ2v) is 5.19. The summed E-state index contributed by atoms with van der Waals surface area (Å²) >= 11 is 0. The van der Waals surface area contributed by atoms with Gasteiger partial charge in [0.15, 0.2) is 0 Å². The van der Waals surface area contributed by atoms with E-state index in [2.05, 4.69) is 10.6 Å². The van der Waals surface area contributed by atoms with Crippen LogP contribution in [0.3, 0.4) is 0 Å². The minimum Gasteiger partial charge on any atom is -0.466 e. The smallest absolute Gasteiger partial charge is 0.315 e. The lowest BCUT2D eigenvalue weighted by Gasteiger charge is -2.27. The van der Waals surface area contributed by atoms with Crippen molar-refractivity contribution < 1.29 is 14.3 Å². The standard InChI is InChI=1S/C13H22N2O3/c1-2-18-12(16)9-3-5-10(6-4-9)14-13(17)15-11-7-8-11/h9-11H,2-8H2,1H3,(H2,14,15,17). The molecule has 0 aromatic carbocycles. The molecule has 0 spiro atoms. The number of carbonyl (C=O) groups excluding carboxylic acids is 2. The Morgan fingerprint density at radius 2 is 1.50 bits per heavy atom. The van der Waals surface area contributed by atoms with Gasteiger partial charge < -0.3 is 15.4 Å². The second-order valence-electron chi connectivity index (χ2n) is 5.19. The maximum atomic E-state index is 11.6. The molecule has 2 aliphatic carbocycles. The summed E-state index contributed by atoms with van der Waals surface area (Å²) in [4.78, 5) is 23.1. The molecule has 2 amide bonds. The SMILES string of the molecule is CCOC(=O)C1CCC(NC(=O)NC2CC2)CC1. The molecule has 0 saturated heterocycles. The Bertz CT molecular complexity index is 307. The number of rotatable bonds is 4. The van der Waals surface area contributed by atoms with Gasteiger partial charge in [-0.15, -0.1) is 0 Å². The zero-order valence-electron chi connectivity index (χ0n) is 10.9. The summed E-state index contributed by atoms with van der Waals surface area (Å²) in [5, 5.41) is 5.89. The molecule has 2 saturated carbocycles. The summed E-state index contributed by atoms with van der Waals surface area (Å²) in [6.07, 6.45) is 5.55. The summed E-state index contributed by atoms with van der Waals surface area (Å²) in [7, 11) is 0. The van der Waals surface area contributed by atoms with Gasteiger partial charge in [-0.25, -0.2) is 4.79 Å². The lowest BCUT2D eigenvalue weighted by Crippen LogP contribution is -2.44. The van der Waals surface area contributed by atoms with Crippen molar-refractivity contribution in [2.24, 2.45) is 5.92 Å². The number of esters is 1. The number of hydrogen-bond donors (Lipinski definition) is 2. The third kappa shape index (κ3) is 3.89. The van der Waals surface area contributed by atoms with Crippen LogP contribution in [0.4, 0.5) is 4.79 Å². The molecule has 0 atom stereocenters. The van der Waals surface area contributed by atoms with E-state index in [-0.39, 0.29) is 24.0 Å². The Hall–Kier alpha value is -1.26. The number of nitrogens with one attached hydrogen (secondary N) is 2. The van der Waals surface area contributed by atoms with Crippen molar-refractivity contribution in [1.29, 1.82) is 0 Å². The Kier molecular flexibility index (Phi) is 4.44. The predicted molar refractivity (Wildman–Crippen MR) is 67.1 cm³/mol. The van der Waals surface area contributed by atoms with Crippen molar-refractivity contribution in [2.75, 3.05) is 6.61 Å². The van der Waals surface area contributed by atoms with Gasteiger partial charge in [0.2, 0.25) is 0 Å². The normalized spacial score (nSPS) is 27.4. The van der Waals surface area contributed by atoms with E-state index in [9.17, 15) is 9.59 Å².